The molecule has 1 heterocycles. The first kappa shape index (κ1) is 14.3. The molecule has 0 spiro atoms. The minimum Gasteiger partial charge on any atom is -0.344 e. The highest BCUT2D eigenvalue weighted by Gasteiger charge is 2.03. The molecule has 3 nitrogen and oxygen atoms in total. The summed E-state index contributed by atoms with van der Waals surface area (Å²) in [6, 6.07) is 11.0. The number of aromatic nitrogens is 1. The average molecular weight is 287 g/mol. The van der Waals surface area contributed by atoms with Crippen molar-refractivity contribution in [2.75, 3.05) is 5.32 Å². The molecule has 2 rings (SSSR count). The summed E-state index contributed by atoms with van der Waals surface area (Å²) in [7, 11) is 0. The van der Waals surface area contributed by atoms with Crippen molar-refractivity contribution >= 4 is 23.2 Å². The fourth-order valence-corrected chi connectivity index (χ4v) is 1.80. The first-order valence-electron chi connectivity index (χ1n) is 6.22. The lowest BCUT2D eigenvalue weighted by Crippen LogP contribution is -2.02. The number of carbonyl (C=O) groups excluding carboxylic acids is 1. The van der Waals surface area contributed by atoms with E-state index < -0.39 is 0 Å². The van der Waals surface area contributed by atoms with Gasteiger partial charge in [0, 0.05) is 23.5 Å². The first-order chi connectivity index (χ1) is 9.54. The Labute approximate surface area is 123 Å². The Balaban J connectivity index is 2.07. The molecule has 1 aromatic carbocycles. The third-order valence-electron chi connectivity index (χ3n) is 2.74. The Morgan fingerprint density at radius 2 is 1.90 bits per heavy atom. The maximum absolute atomic E-state index is 12.1. The van der Waals surface area contributed by atoms with Crippen LogP contribution in [0.2, 0.25) is 5.02 Å². The zero-order valence-electron chi connectivity index (χ0n) is 11.4. The maximum atomic E-state index is 12.1. The van der Waals surface area contributed by atoms with Gasteiger partial charge in [-0.3, -0.25) is 4.79 Å². The fourth-order valence-electron chi connectivity index (χ4n) is 1.69. The van der Waals surface area contributed by atoms with Gasteiger partial charge in [0.05, 0.1) is 5.02 Å². The molecule has 0 bridgehead atoms. The monoisotopic (exact) mass is 286 g/mol. The molecular weight excluding hydrogens is 272 g/mol. The molecule has 0 aliphatic carbocycles. The van der Waals surface area contributed by atoms with Gasteiger partial charge >= 0.3 is 0 Å². The Hall–Kier alpha value is -2.13. The molecule has 1 N–H and O–H groups in total. The SMILES string of the molecule is CC(=CC(=O)c1ccc(C)cc1)Nc1ccc(Cl)cn1. The lowest BCUT2D eigenvalue weighted by molar-refractivity contribution is 0.104. The van der Waals surface area contributed by atoms with E-state index in [9.17, 15) is 4.79 Å². The molecule has 1 aromatic heterocycles. The number of carbonyl (C=O) groups is 1. The molecule has 0 saturated heterocycles. The Kier molecular flexibility index (Phi) is 4.53. The second-order valence-electron chi connectivity index (χ2n) is 4.54. The quantitative estimate of drug-likeness (QED) is 0.675. The van der Waals surface area contributed by atoms with Crippen molar-refractivity contribution in [2.24, 2.45) is 0 Å². The van der Waals surface area contributed by atoms with Crippen molar-refractivity contribution in [1.82, 2.24) is 4.98 Å². The number of pyridine rings is 1. The summed E-state index contributed by atoms with van der Waals surface area (Å²) in [5.74, 6) is 0.615. The topological polar surface area (TPSA) is 42.0 Å². The number of rotatable bonds is 4. The zero-order chi connectivity index (χ0) is 14.5. The number of nitrogens with one attached hydrogen (secondary N) is 1. The van der Waals surface area contributed by atoms with Gasteiger partial charge in [-0.15, -0.1) is 0 Å². The molecule has 4 heteroatoms. The van der Waals surface area contributed by atoms with Gasteiger partial charge in [0.25, 0.3) is 0 Å². The number of aryl methyl sites for hydroxylation is 1. The number of halogens is 1. The molecule has 0 radical (unpaired) electrons. The molecule has 0 saturated carbocycles. The summed E-state index contributed by atoms with van der Waals surface area (Å²) in [6.45, 7) is 3.81. The Morgan fingerprint density at radius 3 is 2.50 bits per heavy atom. The number of nitrogens with zero attached hydrogens (tertiary/aromatic N) is 1. The highest BCUT2D eigenvalue weighted by Crippen LogP contribution is 2.12. The molecule has 0 amide bonds. The second-order valence-corrected chi connectivity index (χ2v) is 4.98. The third kappa shape index (κ3) is 3.93. The summed E-state index contributed by atoms with van der Waals surface area (Å²) in [5, 5.41) is 3.63. The first-order valence-corrected chi connectivity index (χ1v) is 6.60. The standard InChI is InChI=1S/C16H15ClN2O/c1-11-3-5-13(6-4-11)15(20)9-12(2)19-16-8-7-14(17)10-18-16/h3-10H,1-2H3,(H,18,19). The number of hydrogen-bond donors (Lipinski definition) is 1. The molecule has 102 valence electrons. The molecular formula is C16H15ClN2O. The van der Waals surface area contributed by atoms with Gasteiger partial charge in [0.1, 0.15) is 5.82 Å². The van der Waals surface area contributed by atoms with E-state index in [1.54, 1.807) is 24.4 Å². The highest BCUT2D eigenvalue weighted by molar-refractivity contribution is 6.30. The van der Waals surface area contributed by atoms with Crippen LogP contribution in [0.25, 0.3) is 0 Å². The number of allylic oxidation sites excluding steroid dienone is 2. The van der Waals surface area contributed by atoms with E-state index in [2.05, 4.69) is 10.3 Å². The van der Waals surface area contributed by atoms with E-state index in [4.69, 9.17) is 11.6 Å². The number of anilines is 1. The minimum atomic E-state index is -0.0380. The molecule has 0 aliphatic rings. The van der Waals surface area contributed by atoms with Crippen molar-refractivity contribution in [1.29, 1.82) is 0 Å². The van der Waals surface area contributed by atoms with Crippen LogP contribution < -0.4 is 5.32 Å². The van der Waals surface area contributed by atoms with Crippen LogP contribution >= 0.6 is 11.6 Å². The van der Waals surface area contributed by atoms with Crippen molar-refractivity contribution in [3.8, 4) is 0 Å². The van der Waals surface area contributed by atoms with E-state index in [1.165, 1.54) is 0 Å². The molecule has 0 aliphatic heterocycles. The van der Waals surface area contributed by atoms with Gasteiger partial charge in [-0.05, 0) is 26.0 Å². The third-order valence-corrected chi connectivity index (χ3v) is 2.96. The van der Waals surface area contributed by atoms with Crippen LogP contribution in [0.5, 0.6) is 0 Å². The van der Waals surface area contributed by atoms with Crippen molar-refractivity contribution < 1.29 is 4.79 Å². The smallest absolute Gasteiger partial charge is 0.187 e. The van der Waals surface area contributed by atoms with Crippen LogP contribution in [-0.4, -0.2) is 10.8 Å². The van der Waals surface area contributed by atoms with Gasteiger partial charge in [0.15, 0.2) is 5.78 Å². The molecule has 2 aromatic rings. The Morgan fingerprint density at radius 1 is 1.20 bits per heavy atom. The summed E-state index contributed by atoms with van der Waals surface area (Å²) in [6.07, 6.45) is 3.11. The van der Waals surface area contributed by atoms with Crippen LogP contribution in [-0.2, 0) is 0 Å². The highest BCUT2D eigenvalue weighted by atomic mass is 35.5. The van der Waals surface area contributed by atoms with Crippen LogP contribution in [0, 0.1) is 6.92 Å². The lowest BCUT2D eigenvalue weighted by atomic mass is 10.1. The van der Waals surface area contributed by atoms with Crippen molar-refractivity contribution in [2.45, 2.75) is 13.8 Å². The van der Waals surface area contributed by atoms with Crippen LogP contribution in [0.15, 0.2) is 54.4 Å². The van der Waals surface area contributed by atoms with Crippen molar-refractivity contribution in [3.05, 3.63) is 70.5 Å². The van der Waals surface area contributed by atoms with Crippen LogP contribution in [0.3, 0.4) is 0 Å². The predicted octanol–water partition coefficient (Wildman–Crippen LogP) is 4.24. The predicted molar refractivity (Wildman–Crippen MR) is 82.1 cm³/mol. The summed E-state index contributed by atoms with van der Waals surface area (Å²) in [5.41, 5.74) is 2.52. The van der Waals surface area contributed by atoms with E-state index in [0.717, 1.165) is 11.3 Å². The van der Waals surface area contributed by atoms with E-state index >= 15 is 0 Å². The largest absolute Gasteiger partial charge is 0.344 e. The van der Waals surface area contributed by atoms with Crippen molar-refractivity contribution in [3.63, 3.8) is 0 Å². The van der Waals surface area contributed by atoms with Gasteiger partial charge < -0.3 is 5.32 Å². The number of ketones is 1. The molecule has 0 atom stereocenters. The molecule has 0 unspecified atom stereocenters. The van der Waals surface area contributed by atoms with Gasteiger partial charge in [-0.1, -0.05) is 41.4 Å². The molecule has 20 heavy (non-hydrogen) atoms. The summed E-state index contributed by atoms with van der Waals surface area (Å²) >= 11 is 5.77. The van der Waals surface area contributed by atoms with E-state index in [0.29, 0.717) is 16.4 Å². The number of benzene rings is 1. The zero-order valence-corrected chi connectivity index (χ0v) is 12.1. The van der Waals surface area contributed by atoms with E-state index in [1.807, 2.05) is 38.1 Å². The van der Waals surface area contributed by atoms with E-state index in [-0.39, 0.29) is 5.78 Å². The summed E-state index contributed by atoms with van der Waals surface area (Å²) in [4.78, 5) is 16.2. The Bertz CT molecular complexity index is 631. The van der Waals surface area contributed by atoms with Gasteiger partial charge in [-0.25, -0.2) is 4.98 Å². The van der Waals surface area contributed by atoms with Crippen LogP contribution in [0.4, 0.5) is 5.82 Å². The van der Waals surface area contributed by atoms with Gasteiger partial charge in [-0.2, -0.15) is 0 Å². The normalized spacial score (nSPS) is 11.2. The van der Waals surface area contributed by atoms with Crippen LogP contribution in [0.1, 0.15) is 22.8 Å². The average Bonchev–Trinajstić information content (AvgIpc) is 2.42. The fraction of sp³-hybridized carbons (Fsp3) is 0.125. The lowest BCUT2D eigenvalue weighted by Gasteiger charge is -2.05. The van der Waals surface area contributed by atoms with Gasteiger partial charge in [0.2, 0.25) is 0 Å². The minimum absolute atomic E-state index is 0.0380. The maximum Gasteiger partial charge on any atom is 0.187 e. The summed E-state index contributed by atoms with van der Waals surface area (Å²) < 4.78 is 0. The second kappa shape index (κ2) is 6.35. The number of hydrogen-bond acceptors (Lipinski definition) is 3. The molecule has 0 fully saturated rings.